The molecular weight excluding hydrogens is 437 g/mol. The van der Waals surface area contributed by atoms with Gasteiger partial charge in [0, 0.05) is 26.2 Å². The molecule has 1 atom stereocenters. The van der Waals surface area contributed by atoms with Crippen molar-refractivity contribution in [2.75, 3.05) is 19.6 Å². The van der Waals surface area contributed by atoms with Crippen molar-refractivity contribution in [3.63, 3.8) is 0 Å². The molecule has 1 fully saturated rings. The molecule has 0 saturated carbocycles. The number of benzene rings is 2. The number of hydrogen-bond acceptors (Lipinski definition) is 5. The molecule has 0 aromatic heterocycles. The molecule has 2 aromatic rings. The number of rotatable bonds is 6. The van der Waals surface area contributed by atoms with Crippen molar-refractivity contribution in [2.24, 2.45) is 0 Å². The highest BCUT2D eigenvalue weighted by molar-refractivity contribution is 7.88. The lowest BCUT2D eigenvalue weighted by Crippen LogP contribution is -2.55. The third kappa shape index (κ3) is 5.88. The number of halogens is 3. The Morgan fingerprint density at radius 1 is 1.03 bits per heavy atom. The molecule has 1 aliphatic heterocycles. The van der Waals surface area contributed by atoms with Crippen molar-refractivity contribution in [1.29, 1.82) is 0 Å². The molecule has 1 N–H and O–H groups in total. The highest BCUT2D eigenvalue weighted by atomic mass is 32.2. The molecule has 7 nitrogen and oxygen atoms in total. The summed E-state index contributed by atoms with van der Waals surface area (Å²) >= 11 is 0. The fourth-order valence-corrected chi connectivity index (χ4v) is 3.92. The summed E-state index contributed by atoms with van der Waals surface area (Å²) in [5.41, 5.74) is -3.76. The minimum Gasteiger partial charge on any atom is -0.465 e. The molecule has 1 heterocycles. The van der Waals surface area contributed by atoms with Gasteiger partial charge in [0.25, 0.3) is 0 Å². The van der Waals surface area contributed by atoms with Crippen LogP contribution in [0.1, 0.15) is 11.1 Å². The predicted octanol–water partition coefficient (Wildman–Crippen LogP) is 3.32. The van der Waals surface area contributed by atoms with Crippen LogP contribution in [0.25, 0.3) is 0 Å². The summed E-state index contributed by atoms with van der Waals surface area (Å²) in [6.45, 7) is 2.08. The van der Waals surface area contributed by atoms with Crippen molar-refractivity contribution in [3.8, 4) is 5.75 Å². The van der Waals surface area contributed by atoms with Crippen LogP contribution in [-0.4, -0.2) is 60.6 Å². The molecule has 0 unspecified atom stereocenters. The minimum atomic E-state index is -5.74. The molecule has 1 aliphatic rings. The Balaban J connectivity index is 1.68. The van der Waals surface area contributed by atoms with Gasteiger partial charge >= 0.3 is 21.7 Å². The van der Waals surface area contributed by atoms with Gasteiger partial charge in [-0.3, -0.25) is 4.90 Å². The standard InChI is InChI=1S/C20H21F3N2O5S/c21-20(22,23)31(28,29)30-18-8-6-15(7-9-18)12-17-14-24(10-11-25(17)19(26)27)13-16-4-2-1-3-5-16/h1-9,17H,10-14H2,(H,26,27)/t17-/m1/s1. The molecule has 31 heavy (non-hydrogen) atoms. The first-order valence-corrected chi connectivity index (χ1v) is 10.8. The second-order valence-electron chi connectivity index (χ2n) is 7.18. The Labute approximate surface area is 177 Å². The van der Waals surface area contributed by atoms with Crippen molar-refractivity contribution in [2.45, 2.75) is 24.5 Å². The molecule has 0 aliphatic carbocycles. The third-order valence-corrected chi connectivity index (χ3v) is 5.92. The maximum absolute atomic E-state index is 12.4. The van der Waals surface area contributed by atoms with Gasteiger partial charge in [-0.05, 0) is 29.7 Å². The highest BCUT2D eigenvalue weighted by Crippen LogP contribution is 2.27. The number of nitrogens with zero attached hydrogens (tertiary/aromatic N) is 2. The summed E-state index contributed by atoms with van der Waals surface area (Å²) in [5, 5.41) is 9.52. The molecule has 1 saturated heterocycles. The quantitative estimate of drug-likeness (QED) is 0.528. The molecule has 3 rings (SSSR count). The van der Waals surface area contributed by atoms with E-state index in [0.717, 1.165) is 17.7 Å². The Kier molecular flexibility index (Phi) is 6.75. The van der Waals surface area contributed by atoms with E-state index in [1.165, 1.54) is 17.0 Å². The molecule has 168 valence electrons. The Morgan fingerprint density at radius 2 is 1.68 bits per heavy atom. The van der Waals surface area contributed by atoms with Crippen molar-refractivity contribution in [3.05, 3.63) is 65.7 Å². The zero-order valence-electron chi connectivity index (χ0n) is 16.3. The van der Waals surface area contributed by atoms with E-state index in [4.69, 9.17) is 0 Å². The first kappa shape index (κ1) is 22.9. The third-order valence-electron chi connectivity index (χ3n) is 4.95. The molecular formula is C20H21F3N2O5S. The van der Waals surface area contributed by atoms with Gasteiger partial charge in [-0.15, -0.1) is 0 Å². The van der Waals surface area contributed by atoms with Crippen LogP contribution in [-0.2, 0) is 23.1 Å². The Morgan fingerprint density at radius 3 is 2.26 bits per heavy atom. The van der Waals surface area contributed by atoms with Gasteiger partial charge in [-0.25, -0.2) is 4.79 Å². The second kappa shape index (κ2) is 9.15. The first-order chi connectivity index (χ1) is 14.5. The van der Waals surface area contributed by atoms with Crippen LogP contribution in [0.3, 0.4) is 0 Å². The van der Waals surface area contributed by atoms with E-state index >= 15 is 0 Å². The van der Waals surface area contributed by atoms with Crippen LogP contribution in [0.5, 0.6) is 5.75 Å². The summed E-state index contributed by atoms with van der Waals surface area (Å²) in [6, 6.07) is 14.5. The first-order valence-electron chi connectivity index (χ1n) is 9.41. The lowest BCUT2D eigenvalue weighted by atomic mass is 10.0. The van der Waals surface area contributed by atoms with E-state index in [0.29, 0.717) is 38.2 Å². The summed E-state index contributed by atoms with van der Waals surface area (Å²) < 4.78 is 63.6. The second-order valence-corrected chi connectivity index (χ2v) is 8.72. The SMILES string of the molecule is O=C(O)N1CCN(Cc2ccccc2)C[C@H]1Cc1ccc(OS(=O)(=O)C(F)(F)F)cc1. The average Bonchev–Trinajstić information content (AvgIpc) is 2.69. The number of alkyl halides is 3. The normalized spacial score (nSPS) is 18.0. The van der Waals surface area contributed by atoms with Crippen LogP contribution < -0.4 is 4.18 Å². The number of hydrogen-bond donors (Lipinski definition) is 1. The van der Waals surface area contributed by atoms with E-state index in [2.05, 4.69) is 9.08 Å². The maximum atomic E-state index is 12.4. The fourth-order valence-electron chi connectivity index (χ4n) is 3.46. The molecule has 1 amide bonds. The van der Waals surface area contributed by atoms with E-state index in [-0.39, 0.29) is 6.04 Å². The van der Waals surface area contributed by atoms with E-state index in [9.17, 15) is 31.5 Å². The van der Waals surface area contributed by atoms with Crippen LogP contribution in [0.15, 0.2) is 54.6 Å². The minimum absolute atomic E-state index is 0.323. The monoisotopic (exact) mass is 458 g/mol. The smallest absolute Gasteiger partial charge is 0.465 e. The van der Waals surface area contributed by atoms with E-state index in [1.54, 1.807) is 0 Å². The molecule has 0 radical (unpaired) electrons. The van der Waals surface area contributed by atoms with Crippen LogP contribution in [0, 0.1) is 0 Å². The van der Waals surface area contributed by atoms with Gasteiger partial charge in [-0.1, -0.05) is 42.5 Å². The summed E-state index contributed by atoms with van der Waals surface area (Å²) in [5.74, 6) is -0.467. The Bertz CT molecular complexity index is 998. The van der Waals surface area contributed by atoms with E-state index in [1.807, 2.05) is 30.3 Å². The molecule has 2 aromatic carbocycles. The van der Waals surface area contributed by atoms with Crippen LogP contribution in [0.4, 0.5) is 18.0 Å². The van der Waals surface area contributed by atoms with Gasteiger partial charge in [0.2, 0.25) is 0 Å². The summed E-state index contributed by atoms with van der Waals surface area (Å²) in [7, 11) is -5.74. The van der Waals surface area contributed by atoms with Gasteiger partial charge in [0.05, 0.1) is 6.04 Å². The van der Waals surface area contributed by atoms with E-state index < -0.39 is 27.5 Å². The summed E-state index contributed by atoms with van der Waals surface area (Å²) in [4.78, 5) is 15.1. The molecule has 0 spiro atoms. The fraction of sp³-hybridized carbons (Fsp3) is 0.350. The highest BCUT2D eigenvalue weighted by Gasteiger charge is 2.48. The van der Waals surface area contributed by atoms with Gasteiger partial charge in [0.1, 0.15) is 5.75 Å². The zero-order chi connectivity index (χ0) is 22.6. The van der Waals surface area contributed by atoms with Crippen molar-refractivity contribution >= 4 is 16.2 Å². The number of amides is 1. The molecule has 11 heteroatoms. The van der Waals surface area contributed by atoms with Gasteiger partial charge in [-0.2, -0.15) is 21.6 Å². The zero-order valence-corrected chi connectivity index (χ0v) is 17.1. The number of carbonyl (C=O) groups is 1. The maximum Gasteiger partial charge on any atom is 0.534 e. The largest absolute Gasteiger partial charge is 0.534 e. The van der Waals surface area contributed by atoms with Crippen LogP contribution >= 0.6 is 0 Å². The number of carboxylic acid groups (broad SMARTS) is 1. The van der Waals surface area contributed by atoms with Crippen molar-refractivity contribution < 1.29 is 35.7 Å². The lowest BCUT2D eigenvalue weighted by Gasteiger charge is -2.40. The Hall–Kier alpha value is -2.79. The van der Waals surface area contributed by atoms with Crippen molar-refractivity contribution in [1.82, 2.24) is 9.80 Å². The topological polar surface area (TPSA) is 87.2 Å². The number of piperazine rings is 1. The van der Waals surface area contributed by atoms with Gasteiger partial charge < -0.3 is 14.2 Å². The van der Waals surface area contributed by atoms with Crippen LogP contribution in [0.2, 0.25) is 0 Å². The van der Waals surface area contributed by atoms with Gasteiger partial charge in [0.15, 0.2) is 0 Å². The summed E-state index contributed by atoms with van der Waals surface area (Å²) in [6.07, 6.45) is -0.718. The average molecular weight is 458 g/mol. The molecule has 0 bridgehead atoms. The lowest BCUT2D eigenvalue weighted by molar-refractivity contribution is -0.0500. The predicted molar refractivity (Wildman–Crippen MR) is 106 cm³/mol.